The average molecular weight is 710 g/mol. The highest BCUT2D eigenvalue weighted by atomic mass is 35.5. The van der Waals surface area contributed by atoms with Crippen LogP contribution in [0.25, 0.3) is 20.4 Å². The number of fused-ring (bicyclic) bond motifs is 2. The summed E-state index contributed by atoms with van der Waals surface area (Å²) in [6, 6.07) is 23.4. The van der Waals surface area contributed by atoms with E-state index < -0.39 is 0 Å². The van der Waals surface area contributed by atoms with Crippen molar-refractivity contribution in [1.82, 2.24) is 9.97 Å². The number of thioether (sulfide) groups is 2. The molecule has 0 bridgehead atoms. The maximum atomic E-state index is 12.7. The first-order valence-corrected chi connectivity index (χ1v) is 18.2. The Hall–Kier alpha value is -3.12. The molecule has 0 fully saturated rings. The zero-order chi connectivity index (χ0) is 31.5. The van der Waals surface area contributed by atoms with Gasteiger partial charge in [-0.25, -0.2) is 9.97 Å². The molecule has 0 unspecified atom stereocenters. The topological polar surface area (TPSA) is 84.0 Å². The predicted molar refractivity (Wildman–Crippen MR) is 193 cm³/mol. The van der Waals surface area contributed by atoms with E-state index in [0.717, 1.165) is 69.2 Å². The number of nitrogens with one attached hydrogen (secondary N) is 2. The molecule has 0 radical (unpaired) electrons. The maximum Gasteiger partial charge on any atom is 0.234 e. The Kier molecular flexibility index (Phi) is 9.99. The summed E-state index contributed by atoms with van der Waals surface area (Å²) in [4.78, 5) is 34.5. The van der Waals surface area contributed by atoms with Crippen LogP contribution in [0, 0.1) is 13.8 Å². The number of nitrogens with zero attached hydrogens (tertiary/aromatic N) is 2. The van der Waals surface area contributed by atoms with E-state index in [9.17, 15) is 9.59 Å². The molecule has 0 spiro atoms. The van der Waals surface area contributed by atoms with Crippen LogP contribution in [0.1, 0.15) is 22.3 Å². The molecule has 0 aliphatic carbocycles. The first-order chi connectivity index (χ1) is 21.7. The monoisotopic (exact) mass is 708 g/mol. The highest BCUT2D eigenvalue weighted by Gasteiger charge is 2.12. The molecule has 0 atom stereocenters. The Morgan fingerprint density at radius 2 is 1.11 bits per heavy atom. The summed E-state index contributed by atoms with van der Waals surface area (Å²) in [6.45, 7) is 3.99. The lowest BCUT2D eigenvalue weighted by atomic mass is 10.00. The summed E-state index contributed by atoms with van der Waals surface area (Å²) >= 11 is 18.1. The van der Waals surface area contributed by atoms with Gasteiger partial charge in [-0.1, -0.05) is 71.0 Å². The predicted octanol–water partition coefficient (Wildman–Crippen LogP) is 9.88. The van der Waals surface area contributed by atoms with Gasteiger partial charge < -0.3 is 10.6 Å². The summed E-state index contributed by atoms with van der Waals surface area (Å²) < 4.78 is 3.77. The summed E-state index contributed by atoms with van der Waals surface area (Å²) in [7, 11) is 0. The highest BCUT2D eigenvalue weighted by molar-refractivity contribution is 8.02. The number of amides is 2. The van der Waals surface area contributed by atoms with Crippen molar-refractivity contribution in [3.63, 3.8) is 0 Å². The van der Waals surface area contributed by atoms with Crippen LogP contribution in [0.5, 0.6) is 0 Å². The van der Waals surface area contributed by atoms with E-state index >= 15 is 0 Å². The minimum atomic E-state index is -0.0789. The van der Waals surface area contributed by atoms with E-state index in [4.69, 9.17) is 23.2 Å². The lowest BCUT2D eigenvalue weighted by molar-refractivity contribution is -0.114. The first kappa shape index (κ1) is 31.8. The van der Waals surface area contributed by atoms with Gasteiger partial charge in [0.2, 0.25) is 11.8 Å². The van der Waals surface area contributed by atoms with Crippen molar-refractivity contribution in [2.75, 3.05) is 22.1 Å². The number of carbonyl (C=O) groups is 2. The van der Waals surface area contributed by atoms with Crippen molar-refractivity contribution in [3.05, 3.63) is 105 Å². The van der Waals surface area contributed by atoms with E-state index in [1.807, 2.05) is 74.5 Å². The van der Waals surface area contributed by atoms with E-state index in [-0.39, 0.29) is 23.3 Å². The van der Waals surface area contributed by atoms with Gasteiger partial charge in [-0.3, -0.25) is 9.59 Å². The quantitative estimate of drug-likeness (QED) is 0.138. The van der Waals surface area contributed by atoms with Gasteiger partial charge in [-0.15, -0.1) is 22.7 Å². The molecule has 0 saturated carbocycles. The number of halogens is 2. The minimum absolute atomic E-state index is 0.0789. The van der Waals surface area contributed by atoms with Gasteiger partial charge in [0, 0.05) is 21.4 Å². The fraction of sp³-hybridized carbons (Fsp3) is 0.152. The van der Waals surface area contributed by atoms with Gasteiger partial charge in [-0.05, 0) is 91.1 Å². The molecule has 6 rings (SSSR count). The molecule has 6 aromatic rings. The Balaban J connectivity index is 0.997. The molecule has 6 nitrogen and oxygen atoms in total. The van der Waals surface area contributed by atoms with Crippen LogP contribution in [-0.4, -0.2) is 33.3 Å². The summed E-state index contributed by atoms with van der Waals surface area (Å²) in [6.07, 6.45) is 0.735. The smallest absolute Gasteiger partial charge is 0.234 e. The normalized spacial score (nSPS) is 11.3. The van der Waals surface area contributed by atoms with E-state index in [1.165, 1.54) is 23.5 Å². The zero-order valence-electron chi connectivity index (χ0n) is 24.1. The molecule has 2 aromatic heterocycles. The van der Waals surface area contributed by atoms with Crippen LogP contribution in [0.15, 0.2) is 81.5 Å². The Labute approximate surface area is 287 Å². The third-order valence-corrected chi connectivity index (χ3v) is 11.7. The molecular formula is C33H26Cl2N4O2S4. The number of hydrogen-bond acceptors (Lipinski definition) is 8. The molecule has 228 valence electrons. The number of carbonyl (C=O) groups excluding carboxylic acids is 2. The molecule has 2 N–H and O–H groups in total. The van der Waals surface area contributed by atoms with Crippen LogP contribution >= 0.6 is 69.4 Å². The van der Waals surface area contributed by atoms with Crippen molar-refractivity contribution in [1.29, 1.82) is 0 Å². The van der Waals surface area contributed by atoms with Gasteiger partial charge in [0.25, 0.3) is 0 Å². The Morgan fingerprint density at radius 3 is 1.53 bits per heavy atom. The number of anilines is 2. The second-order valence-electron chi connectivity index (χ2n) is 10.3. The number of aryl methyl sites for hydroxylation is 2. The molecule has 0 saturated heterocycles. The molecule has 12 heteroatoms. The van der Waals surface area contributed by atoms with Crippen LogP contribution in [0.2, 0.25) is 10.0 Å². The molecular weight excluding hydrogens is 684 g/mol. The third kappa shape index (κ3) is 8.19. The van der Waals surface area contributed by atoms with Gasteiger partial charge in [0.15, 0.2) is 8.68 Å². The molecule has 2 heterocycles. The first-order valence-electron chi connectivity index (χ1n) is 13.8. The minimum Gasteiger partial charge on any atom is -0.325 e. The molecule has 45 heavy (non-hydrogen) atoms. The van der Waals surface area contributed by atoms with Crippen molar-refractivity contribution < 1.29 is 9.59 Å². The maximum absolute atomic E-state index is 12.7. The number of hydrogen-bond donors (Lipinski definition) is 2. The highest BCUT2D eigenvalue weighted by Crippen LogP contribution is 2.32. The fourth-order valence-corrected chi connectivity index (χ4v) is 8.73. The molecule has 0 aliphatic rings. The van der Waals surface area contributed by atoms with E-state index in [1.54, 1.807) is 22.7 Å². The van der Waals surface area contributed by atoms with Crippen LogP contribution in [-0.2, 0) is 16.0 Å². The van der Waals surface area contributed by atoms with Gasteiger partial charge in [0.05, 0.1) is 31.9 Å². The van der Waals surface area contributed by atoms with Gasteiger partial charge in [-0.2, -0.15) is 0 Å². The summed E-state index contributed by atoms with van der Waals surface area (Å²) in [5, 5.41) is 7.35. The molecule has 0 aliphatic heterocycles. The third-order valence-electron chi connectivity index (χ3n) is 6.85. The van der Waals surface area contributed by atoms with Crippen LogP contribution in [0.3, 0.4) is 0 Å². The number of thiazole rings is 2. The summed E-state index contributed by atoms with van der Waals surface area (Å²) in [5.74, 6) is 0.384. The second kappa shape index (κ2) is 14.1. The SMILES string of the molecule is Cc1cc(Cc2ccc(NC(=O)CSc3nc4cc(Cl)ccc4s3)c(C)c2)ccc1NC(=O)CSc1nc2cc(Cl)ccc2s1. The van der Waals surface area contributed by atoms with Crippen molar-refractivity contribution >= 4 is 113 Å². The standard InChI is InChI=1S/C33H26Cl2N4O2S4/c1-18-11-20(3-7-24(18)36-30(40)16-42-32-38-26-14-22(34)5-9-28(26)44-32)13-21-4-8-25(19(2)12-21)37-31(41)17-43-33-39-27-15-23(35)6-10-29(27)45-33/h3-12,14-15H,13,16-17H2,1-2H3,(H,36,40)(H,37,41). The zero-order valence-corrected chi connectivity index (χ0v) is 28.9. The van der Waals surface area contributed by atoms with E-state index in [0.29, 0.717) is 10.0 Å². The Morgan fingerprint density at radius 1 is 0.667 bits per heavy atom. The lowest BCUT2D eigenvalue weighted by Gasteiger charge is -2.12. The molecule has 4 aromatic carbocycles. The van der Waals surface area contributed by atoms with Crippen molar-refractivity contribution in [3.8, 4) is 0 Å². The Bertz CT molecular complexity index is 1910. The van der Waals surface area contributed by atoms with Crippen LogP contribution < -0.4 is 10.6 Å². The van der Waals surface area contributed by atoms with Gasteiger partial charge in [0.1, 0.15) is 0 Å². The largest absolute Gasteiger partial charge is 0.325 e. The fourth-order valence-electron chi connectivity index (χ4n) is 4.70. The second-order valence-corrected chi connectivity index (χ2v) is 15.7. The van der Waals surface area contributed by atoms with Gasteiger partial charge >= 0.3 is 0 Å². The van der Waals surface area contributed by atoms with Crippen LogP contribution in [0.4, 0.5) is 11.4 Å². The number of aromatic nitrogens is 2. The molecule has 2 amide bonds. The van der Waals surface area contributed by atoms with Crippen molar-refractivity contribution in [2.24, 2.45) is 0 Å². The lowest BCUT2D eigenvalue weighted by Crippen LogP contribution is -2.15. The summed E-state index contributed by atoms with van der Waals surface area (Å²) in [5.41, 5.74) is 7.54. The van der Waals surface area contributed by atoms with Crippen molar-refractivity contribution in [2.45, 2.75) is 28.9 Å². The number of benzene rings is 4. The average Bonchev–Trinajstić information content (AvgIpc) is 3.60. The van der Waals surface area contributed by atoms with E-state index in [2.05, 4.69) is 32.7 Å². The number of rotatable bonds is 10.